The van der Waals surface area contributed by atoms with E-state index in [0.29, 0.717) is 5.92 Å². The van der Waals surface area contributed by atoms with E-state index in [-0.39, 0.29) is 5.54 Å². The van der Waals surface area contributed by atoms with Crippen molar-refractivity contribution < 1.29 is 0 Å². The van der Waals surface area contributed by atoms with Gasteiger partial charge in [-0.2, -0.15) is 0 Å². The summed E-state index contributed by atoms with van der Waals surface area (Å²) >= 11 is 0. The Morgan fingerprint density at radius 2 is 2.20 bits per heavy atom. The number of anilines is 1. The molecule has 1 aliphatic heterocycles. The van der Waals surface area contributed by atoms with Crippen LogP contribution in [0.25, 0.3) is 0 Å². The van der Waals surface area contributed by atoms with Crippen LogP contribution >= 0.6 is 0 Å². The molecule has 0 spiro atoms. The fourth-order valence-corrected chi connectivity index (χ4v) is 2.00. The normalized spacial score (nSPS) is 19.4. The highest BCUT2D eigenvalue weighted by molar-refractivity contribution is 5.39. The second-order valence-corrected chi connectivity index (χ2v) is 4.76. The van der Waals surface area contributed by atoms with E-state index in [1.54, 1.807) is 0 Å². The van der Waals surface area contributed by atoms with Crippen LogP contribution in [-0.2, 0) is 6.54 Å². The van der Waals surface area contributed by atoms with Gasteiger partial charge in [-0.25, -0.2) is 4.98 Å². The fourth-order valence-electron chi connectivity index (χ4n) is 2.00. The maximum Gasteiger partial charge on any atom is 0.205 e. The lowest BCUT2D eigenvalue weighted by molar-refractivity contribution is 0.240. The lowest BCUT2D eigenvalue weighted by atomic mass is 9.80. The molecule has 2 rings (SSSR count). The van der Waals surface area contributed by atoms with Crippen LogP contribution in [0.15, 0.2) is 12.4 Å². The number of imidazole rings is 1. The Labute approximate surface area is 91.1 Å². The number of aromatic nitrogens is 2. The van der Waals surface area contributed by atoms with E-state index in [4.69, 9.17) is 5.73 Å². The first-order valence-electron chi connectivity index (χ1n) is 5.62. The third kappa shape index (κ3) is 1.63. The Morgan fingerprint density at radius 3 is 2.73 bits per heavy atom. The van der Waals surface area contributed by atoms with E-state index >= 15 is 0 Å². The smallest absolute Gasteiger partial charge is 0.205 e. The molecule has 0 saturated carbocycles. The predicted octanol–water partition coefficient (Wildman–Crippen LogP) is 1.08. The summed E-state index contributed by atoms with van der Waals surface area (Å²) in [5.41, 5.74) is 6.23. The molecule has 4 heteroatoms. The van der Waals surface area contributed by atoms with Crippen LogP contribution in [-0.4, -0.2) is 28.2 Å². The molecule has 1 aromatic heterocycles. The summed E-state index contributed by atoms with van der Waals surface area (Å²) in [6.07, 6.45) is 3.87. The first-order chi connectivity index (χ1) is 7.07. The Kier molecular flexibility index (Phi) is 2.46. The van der Waals surface area contributed by atoms with Crippen LogP contribution in [0.5, 0.6) is 0 Å². The maximum atomic E-state index is 6.25. The van der Waals surface area contributed by atoms with Crippen molar-refractivity contribution in [3.05, 3.63) is 12.4 Å². The Bertz CT molecular complexity index is 336. The van der Waals surface area contributed by atoms with Crippen molar-refractivity contribution in [1.82, 2.24) is 9.55 Å². The van der Waals surface area contributed by atoms with E-state index in [2.05, 4.69) is 35.2 Å². The van der Waals surface area contributed by atoms with Crippen molar-refractivity contribution in [2.24, 2.45) is 11.7 Å². The van der Waals surface area contributed by atoms with Crippen LogP contribution in [0.2, 0.25) is 0 Å². The minimum atomic E-state index is -0.0233. The second kappa shape index (κ2) is 3.52. The Hall–Kier alpha value is -1.03. The summed E-state index contributed by atoms with van der Waals surface area (Å²) < 4.78 is 2.15. The molecule has 0 bridgehead atoms. The molecule has 1 aromatic rings. The average Bonchev–Trinajstić information content (AvgIpc) is 2.59. The summed E-state index contributed by atoms with van der Waals surface area (Å²) in [5.74, 6) is 1.58. The van der Waals surface area contributed by atoms with Crippen molar-refractivity contribution in [3.8, 4) is 0 Å². The van der Waals surface area contributed by atoms with Crippen molar-refractivity contribution in [3.63, 3.8) is 0 Å². The number of hydrogen-bond acceptors (Lipinski definition) is 3. The molecule has 0 unspecified atom stereocenters. The summed E-state index contributed by atoms with van der Waals surface area (Å²) in [7, 11) is 0. The van der Waals surface area contributed by atoms with Gasteiger partial charge in [-0.1, -0.05) is 13.8 Å². The van der Waals surface area contributed by atoms with Gasteiger partial charge >= 0.3 is 0 Å². The molecule has 84 valence electrons. The van der Waals surface area contributed by atoms with Crippen LogP contribution < -0.4 is 10.6 Å². The number of rotatable bonds is 3. The second-order valence-electron chi connectivity index (χ2n) is 4.76. The Balaban J connectivity index is 2.06. The van der Waals surface area contributed by atoms with E-state index in [1.165, 1.54) is 0 Å². The molecule has 0 atom stereocenters. The highest BCUT2D eigenvalue weighted by atomic mass is 15.4. The molecule has 1 saturated heterocycles. The molecule has 0 radical (unpaired) electrons. The van der Waals surface area contributed by atoms with Crippen molar-refractivity contribution in [2.75, 3.05) is 18.0 Å². The Morgan fingerprint density at radius 1 is 1.53 bits per heavy atom. The van der Waals surface area contributed by atoms with Crippen LogP contribution in [0, 0.1) is 5.92 Å². The third-order valence-corrected chi connectivity index (χ3v) is 3.44. The van der Waals surface area contributed by atoms with Crippen molar-refractivity contribution >= 4 is 5.95 Å². The SMILES string of the molecule is CCn1ccnc1N1CC(N)(C(C)C)C1. The molecule has 1 aliphatic rings. The molecule has 2 heterocycles. The quantitative estimate of drug-likeness (QED) is 0.808. The van der Waals surface area contributed by atoms with Gasteiger partial charge in [-0.05, 0) is 12.8 Å². The van der Waals surface area contributed by atoms with E-state index in [9.17, 15) is 0 Å². The zero-order chi connectivity index (χ0) is 11.1. The van der Waals surface area contributed by atoms with Gasteiger partial charge < -0.3 is 15.2 Å². The van der Waals surface area contributed by atoms with Crippen molar-refractivity contribution in [1.29, 1.82) is 0 Å². The number of aryl methyl sites for hydroxylation is 1. The molecule has 15 heavy (non-hydrogen) atoms. The van der Waals surface area contributed by atoms with Gasteiger partial charge in [0.05, 0.1) is 5.54 Å². The first kappa shape index (κ1) is 10.5. The minimum Gasteiger partial charge on any atom is -0.338 e. The molecule has 0 amide bonds. The number of nitrogens with zero attached hydrogens (tertiary/aromatic N) is 3. The zero-order valence-corrected chi connectivity index (χ0v) is 9.77. The predicted molar refractivity (Wildman–Crippen MR) is 61.9 cm³/mol. The average molecular weight is 208 g/mol. The number of hydrogen-bond donors (Lipinski definition) is 1. The van der Waals surface area contributed by atoms with E-state index in [0.717, 1.165) is 25.6 Å². The summed E-state index contributed by atoms with van der Waals surface area (Å²) in [4.78, 5) is 6.62. The van der Waals surface area contributed by atoms with Crippen LogP contribution in [0.1, 0.15) is 20.8 Å². The molecule has 4 nitrogen and oxygen atoms in total. The molecular weight excluding hydrogens is 188 g/mol. The summed E-state index contributed by atoms with van der Waals surface area (Å²) in [6.45, 7) is 9.30. The highest BCUT2D eigenvalue weighted by Crippen LogP contribution is 2.29. The monoisotopic (exact) mass is 208 g/mol. The zero-order valence-electron chi connectivity index (χ0n) is 9.77. The molecular formula is C11H20N4. The molecule has 2 N–H and O–H groups in total. The maximum absolute atomic E-state index is 6.25. The van der Waals surface area contributed by atoms with Gasteiger partial charge in [-0.3, -0.25) is 0 Å². The molecule has 0 aliphatic carbocycles. The summed E-state index contributed by atoms with van der Waals surface area (Å²) in [5, 5.41) is 0. The van der Waals surface area contributed by atoms with Gasteiger partial charge in [-0.15, -0.1) is 0 Å². The van der Waals surface area contributed by atoms with Gasteiger partial charge in [0.1, 0.15) is 0 Å². The van der Waals surface area contributed by atoms with Gasteiger partial charge in [0.25, 0.3) is 0 Å². The highest BCUT2D eigenvalue weighted by Gasteiger charge is 2.43. The van der Waals surface area contributed by atoms with Gasteiger partial charge in [0, 0.05) is 32.0 Å². The van der Waals surface area contributed by atoms with Gasteiger partial charge in [0.15, 0.2) is 0 Å². The molecule has 0 aromatic carbocycles. The minimum absolute atomic E-state index is 0.0233. The first-order valence-corrected chi connectivity index (χ1v) is 5.62. The molecule has 1 fully saturated rings. The lowest BCUT2D eigenvalue weighted by Gasteiger charge is -2.50. The van der Waals surface area contributed by atoms with Crippen molar-refractivity contribution in [2.45, 2.75) is 32.9 Å². The number of nitrogens with two attached hydrogens (primary N) is 1. The lowest BCUT2D eigenvalue weighted by Crippen LogP contribution is -2.70. The van der Waals surface area contributed by atoms with Crippen LogP contribution in [0.3, 0.4) is 0 Å². The standard InChI is InChI=1S/C11H20N4/c1-4-14-6-5-13-10(14)15-7-11(12,8-15)9(2)3/h5-6,9H,4,7-8,12H2,1-3H3. The largest absolute Gasteiger partial charge is 0.338 e. The summed E-state index contributed by atoms with van der Waals surface area (Å²) in [6, 6.07) is 0. The van der Waals surface area contributed by atoms with E-state index < -0.39 is 0 Å². The van der Waals surface area contributed by atoms with Gasteiger partial charge in [0.2, 0.25) is 5.95 Å². The fraction of sp³-hybridized carbons (Fsp3) is 0.727. The third-order valence-electron chi connectivity index (χ3n) is 3.44. The van der Waals surface area contributed by atoms with E-state index in [1.807, 2.05) is 12.4 Å². The topological polar surface area (TPSA) is 47.1 Å². The van der Waals surface area contributed by atoms with Crippen LogP contribution in [0.4, 0.5) is 5.95 Å².